The van der Waals surface area contributed by atoms with Gasteiger partial charge in [0.2, 0.25) is 11.8 Å². The molecule has 1 N–H and O–H groups in total. The summed E-state index contributed by atoms with van der Waals surface area (Å²) < 4.78 is 5.57. The van der Waals surface area contributed by atoms with E-state index >= 15 is 0 Å². The van der Waals surface area contributed by atoms with Crippen molar-refractivity contribution in [2.75, 3.05) is 13.1 Å². The minimum atomic E-state index is -0.308. The van der Waals surface area contributed by atoms with Crippen LogP contribution in [0.15, 0.2) is 70.7 Å². The van der Waals surface area contributed by atoms with Gasteiger partial charge in [-0.2, -0.15) is 0 Å². The highest BCUT2D eigenvalue weighted by Crippen LogP contribution is 2.25. The normalized spacial score (nSPS) is 15.8. The fourth-order valence-electron chi connectivity index (χ4n) is 3.74. The van der Waals surface area contributed by atoms with Crippen LogP contribution in [0.2, 0.25) is 0 Å². The monoisotopic (exact) mass is 408 g/mol. The molecule has 6 heteroatoms. The average Bonchev–Trinajstić information content (AvgIpc) is 3.47. The lowest BCUT2D eigenvalue weighted by Crippen LogP contribution is -2.44. The SMILES string of the molecule is O=C(NC(c1ccccc1)c1ccco1)C1CCN(C(=O)Cc2cccs2)CC1. The maximum absolute atomic E-state index is 13.0. The molecule has 1 aromatic carbocycles. The number of nitrogens with one attached hydrogen (secondary N) is 1. The van der Waals surface area contributed by atoms with Gasteiger partial charge in [0.25, 0.3) is 0 Å². The van der Waals surface area contributed by atoms with Gasteiger partial charge >= 0.3 is 0 Å². The molecule has 0 aliphatic carbocycles. The van der Waals surface area contributed by atoms with E-state index in [-0.39, 0.29) is 23.8 Å². The summed E-state index contributed by atoms with van der Waals surface area (Å²) in [4.78, 5) is 28.4. The van der Waals surface area contributed by atoms with E-state index in [1.807, 2.05) is 64.9 Å². The van der Waals surface area contributed by atoms with Gasteiger partial charge in [0.1, 0.15) is 11.8 Å². The number of hydrogen-bond acceptors (Lipinski definition) is 4. The molecule has 5 nitrogen and oxygen atoms in total. The number of thiophene rings is 1. The lowest BCUT2D eigenvalue weighted by Gasteiger charge is -2.32. The Bertz CT molecular complexity index is 914. The van der Waals surface area contributed by atoms with Crippen molar-refractivity contribution in [2.24, 2.45) is 5.92 Å². The van der Waals surface area contributed by atoms with E-state index in [9.17, 15) is 9.59 Å². The number of piperidine rings is 1. The molecule has 1 fully saturated rings. The van der Waals surface area contributed by atoms with Crippen LogP contribution >= 0.6 is 11.3 Å². The van der Waals surface area contributed by atoms with E-state index in [1.54, 1.807) is 17.6 Å². The molecule has 1 aliphatic rings. The predicted molar refractivity (Wildman–Crippen MR) is 112 cm³/mol. The number of carbonyl (C=O) groups is 2. The molecular weight excluding hydrogens is 384 g/mol. The van der Waals surface area contributed by atoms with Crippen molar-refractivity contribution in [3.63, 3.8) is 0 Å². The molecule has 1 atom stereocenters. The first kappa shape index (κ1) is 19.5. The molecule has 1 saturated heterocycles. The zero-order valence-electron chi connectivity index (χ0n) is 16.1. The fraction of sp³-hybridized carbons (Fsp3) is 0.304. The molecule has 1 aliphatic heterocycles. The molecule has 2 aromatic heterocycles. The van der Waals surface area contributed by atoms with Gasteiger partial charge in [0, 0.05) is 23.9 Å². The quantitative estimate of drug-likeness (QED) is 0.670. The van der Waals surface area contributed by atoms with Crippen molar-refractivity contribution in [1.29, 1.82) is 0 Å². The van der Waals surface area contributed by atoms with Crippen molar-refractivity contribution in [3.05, 3.63) is 82.4 Å². The second-order valence-corrected chi connectivity index (χ2v) is 8.31. The van der Waals surface area contributed by atoms with E-state index in [2.05, 4.69) is 5.32 Å². The zero-order valence-corrected chi connectivity index (χ0v) is 16.9. The van der Waals surface area contributed by atoms with Gasteiger partial charge in [-0.3, -0.25) is 9.59 Å². The van der Waals surface area contributed by atoms with E-state index in [0.29, 0.717) is 38.1 Å². The number of rotatable bonds is 6. The van der Waals surface area contributed by atoms with Crippen LogP contribution < -0.4 is 5.32 Å². The van der Waals surface area contributed by atoms with Gasteiger partial charge in [0.05, 0.1) is 12.7 Å². The van der Waals surface area contributed by atoms with Gasteiger partial charge in [-0.05, 0) is 42.0 Å². The Balaban J connectivity index is 1.35. The molecule has 4 rings (SSSR count). The Morgan fingerprint density at radius 1 is 1.07 bits per heavy atom. The Kier molecular flexibility index (Phi) is 6.10. The summed E-state index contributed by atoms with van der Waals surface area (Å²) >= 11 is 1.60. The lowest BCUT2D eigenvalue weighted by molar-refractivity contribution is -0.135. The molecule has 0 radical (unpaired) electrons. The van der Waals surface area contributed by atoms with E-state index in [4.69, 9.17) is 4.42 Å². The third kappa shape index (κ3) is 4.77. The minimum absolute atomic E-state index is 0.0145. The Morgan fingerprint density at radius 2 is 1.86 bits per heavy atom. The van der Waals surface area contributed by atoms with Crippen LogP contribution in [0.1, 0.15) is 35.1 Å². The van der Waals surface area contributed by atoms with Crippen LogP contribution in [0.25, 0.3) is 0 Å². The highest BCUT2D eigenvalue weighted by molar-refractivity contribution is 7.10. The Morgan fingerprint density at radius 3 is 2.52 bits per heavy atom. The molecule has 2 amide bonds. The van der Waals surface area contributed by atoms with Crippen molar-refractivity contribution in [2.45, 2.75) is 25.3 Å². The number of hydrogen-bond donors (Lipinski definition) is 1. The number of benzene rings is 1. The summed E-state index contributed by atoms with van der Waals surface area (Å²) in [6, 6.07) is 17.2. The van der Waals surface area contributed by atoms with Crippen LogP contribution in [-0.4, -0.2) is 29.8 Å². The van der Waals surface area contributed by atoms with Crippen LogP contribution in [0.4, 0.5) is 0 Å². The van der Waals surface area contributed by atoms with E-state index in [0.717, 1.165) is 10.4 Å². The second kappa shape index (κ2) is 9.09. The van der Waals surface area contributed by atoms with E-state index in [1.165, 1.54) is 0 Å². The summed E-state index contributed by atoms with van der Waals surface area (Å²) in [5.74, 6) is 0.778. The number of furan rings is 1. The average molecular weight is 409 g/mol. The molecule has 0 saturated carbocycles. The fourth-order valence-corrected chi connectivity index (χ4v) is 4.44. The van der Waals surface area contributed by atoms with Gasteiger partial charge in [-0.25, -0.2) is 0 Å². The third-order valence-electron chi connectivity index (χ3n) is 5.37. The maximum atomic E-state index is 13.0. The Labute approximate surface area is 174 Å². The molecule has 29 heavy (non-hydrogen) atoms. The first-order valence-electron chi connectivity index (χ1n) is 9.89. The first-order valence-corrected chi connectivity index (χ1v) is 10.8. The van der Waals surface area contributed by atoms with Gasteiger partial charge in [-0.15, -0.1) is 11.3 Å². The summed E-state index contributed by atoms with van der Waals surface area (Å²) in [5.41, 5.74) is 0.986. The van der Waals surface area contributed by atoms with Crippen molar-refractivity contribution < 1.29 is 14.0 Å². The molecule has 150 valence electrons. The smallest absolute Gasteiger partial charge is 0.227 e. The van der Waals surface area contributed by atoms with Crippen molar-refractivity contribution >= 4 is 23.2 Å². The van der Waals surface area contributed by atoms with Crippen molar-refractivity contribution in [3.8, 4) is 0 Å². The first-order chi connectivity index (χ1) is 14.2. The summed E-state index contributed by atoms with van der Waals surface area (Å²) in [6.45, 7) is 1.25. The topological polar surface area (TPSA) is 62.6 Å². The van der Waals surface area contributed by atoms with Gasteiger partial charge in [0.15, 0.2) is 0 Å². The Hall–Kier alpha value is -2.86. The van der Waals surface area contributed by atoms with Crippen LogP contribution in [-0.2, 0) is 16.0 Å². The summed E-state index contributed by atoms with van der Waals surface area (Å²) in [7, 11) is 0. The number of likely N-dealkylation sites (tertiary alicyclic amines) is 1. The summed E-state index contributed by atoms with van der Waals surface area (Å²) in [5, 5.41) is 5.14. The molecule has 0 spiro atoms. The molecule has 3 aromatic rings. The molecular formula is C23H24N2O3S. The molecule has 0 bridgehead atoms. The largest absolute Gasteiger partial charge is 0.467 e. The van der Waals surface area contributed by atoms with Crippen LogP contribution in [0, 0.1) is 5.92 Å². The van der Waals surface area contributed by atoms with Crippen molar-refractivity contribution in [1.82, 2.24) is 10.2 Å². The van der Waals surface area contributed by atoms with Gasteiger partial charge in [-0.1, -0.05) is 36.4 Å². The third-order valence-corrected chi connectivity index (χ3v) is 6.25. The van der Waals surface area contributed by atoms with Crippen LogP contribution in [0.3, 0.4) is 0 Å². The highest BCUT2D eigenvalue weighted by atomic mass is 32.1. The highest BCUT2D eigenvalue weighted by Gasteiger charge is 2.29. The number of amides is 2. The standard InChI is InChI=1S/C23H24N2O3S/c26-21(16-19-8-5-15-29-19)25-12-10-18(11-13-25)23(27)24-22(20-9-4-14-28-20)17-6-2-1-3-7-17/h1-9,14-15,18,22H,10-13,16H2,(H,24,27). The number of nitrogens with zero attached hydrogens (tertiary/aromatic N) is 1. The minimum Gasteiger partial charge on any atom is -0.467 e. The van der Waals surface area contributed by atoms with E-state index < -0.39 is 0 Å². The van der Waals surface area contributed by atoms with Crippen LogP contribution in [0.5, 0.6) is 0 Å². The molecule has 1 unspecified atom stereocenters. The predicted octanol–water partition coefficient (Wildman–Crippen LogP) is 4.03. The van der Waals surface area contributed by atoms with Gasteiger partial charge < -0.3 is 14.6 Å². The number of carbonyl (C=O) groups excluding carboxylic acids is 2. The lowest BCUT2D eigenvalue weighted by atomic mass is 9.94. The maximum Gasteiger partial charge on any atom is 0.227 e. The second-order valence-electron chi connectivity index (χ2n) is 7.28. The molecule has 3 heterocycles. The summed E-state index contributed by atoms with van der Waals surface area (Å²) in [6.07, 6.45) is 3.43. The zero-order chi connectivity index (χ0) is 20.1.